The second kappa shape index (κ2) is 10.6. The van der Waals surface area contributed by atoms with Crippen LogP contribution in [0.4, 0.5) is 15.9 Å². The van der Waals surface area contributed by atoms with E-state index in [0.29, 0.717) is 22.9 Å². The minimum atomic E-state index is -0.179. The Morgan fingerprint density at radius 2 is 1.80 bits per heavy atom. The number of rotatable bonds is 8. The number of para-hydroxylation sites is 1. The number of hydrogen-bond acceptors (Lipinski definition) is 6. The zero-order valence-electron chi connectivity index (χ0n) is 19.9. The molecule has 0 bridgehead atoms. The Labute approximate surface area is 210 Å². The lowest BCUT2D eigenvalue weighted by atomic mass is 10.1. The van der Waals surface area contributed by atoms with Gasteiger partial charge >= 0.3 is 0 Å². The number of nitrogens with zero attached hydrogens (tertiary/aromatic N) is 4. The largest absolute Gasteiger partial charge is 0.366 e. The molecule has 1 aliphatic carbocycles. The molecule has 2 aliphatic rings. The van der Waals surface area contributed by atoms with Gasteiger partial charge in [0.25, 0.3) is 5.91 Å². The van der Waals surface area contributed by atoms with Crippen LogP contribution in [0.1, 0.15) is 34.5 Å². The first kappa shape index (κ1) is 23.6. The smallest absolute Gasteiger partial charge is 0.251 e. The van der Waals surface area contributed by atoms with E-state index in [-0.39, 0.29) is 11.7 Å². The molecule has 0 radical (unpaired) electrons. The number of aromatic nitrogens is 2. The summed E-state index contributed by atoms with van der Waals surface area (Å²) in [7, 11) is 0. The predicted octanol–water partition coefficient (Wildman–Crippen LogP) is 4.68. The summed E-state index contributed by atoms with van der Waals surface area (Å²) in [6, 6.07) is 16.7. The monoisotopic (exact) mass is 491 g/mol. The van der Waals surface area contributed by atoms with E-state index < -0.39 is 0 Å². The predicted molar refractivity (Wildman–Crippen MR) is 139 cm³/mol. The highest BCUT2D eigenvalue weighted by Crippen LogP contribution is 2.28. The molecule has 182 valence electrons. The maximum absolute atomic E-state index is 14.2. The van der Waals surface area contributed by atoms with Crippen molar-refractivity contribution in [2.24, 2.45) is 5.92 Å². The Hall–Kier alpha value is -3.13. The van der Waals surface area contributed by atoms with E-state index in [2.05, 4.69) is 20.1 Å². The lowest BCUT2D eigenvalue weighted by Gasteiger charge is -2.37. The summed E-state index contributed by atoms with van der Waals surface area (Å²) in [6.07, 6.45) is 2.44. The number of carbonyl (C=O) groups excluding carboxylic acids is 1. The summed E-state index contributed by atoms with van der Waals surface area (Å²) in [5.41, 5.74) is 3.34. The third kappa shape index (κ3) is 6.11. The molecule has 35 heavy (non-hydrogen) atoms. The Balaban J connectivity index is 1.20. The molecule has 0 atom stereocenters. The summed E-state index contributed by atoms with van der Waals surface area (Å²) >= 11 is 1.57. The topological polar surface area (TPSA) is 61.4 Å². The molecule has 5 rings (SSSR count). The minimum absolute atomic E-state index is 0.00707. The molecule has 1 saturated carbocycles. The molecule has 0 spiro atoms. The van der Waals surface area contributed by atoms with Crippen molar-refractivity contribution in [2.45, 2.75) is 30.7 Å². The average molecular weight is 492 g/mol. The van der Waals surface area contributed by atoms with Crippen LogP contribution in [0.2, 0.25) is 0 Å². The molecule has 1 amide bonds. The van der Waals surface area contributed by atoms with Gasteiger partial charge in [-0.25, -0.2) is 14.4 Å². The van der Waals surface area contributed by atoms with Crippen molar-refractivity contribution in [3.05, 3.63) is 77.2 Å². The first-order valence-corrected chi connectivity index (χ1v) is 13.1. The van der Waals surface area contributed by atoms with Crippen LogP contribution < -0.4 is 15.1 Å². The summed E-state index contributed by atoms with van der Waals surface area (Å²) in [5.74, 6) is 2.07. The molecule has 0 unspecified atom stereocenters. The van der Waals surface area contributed by atoms with E-state index in [4.69, 9.17) is 4.98 Å². The number of carbonyl (C=O) groups is 1. The lowest BCUT2D eigenvalue weighted by Crippen LogP contribution is -2.47. The van der Waals surface area contributed by atoms with Crippen LogP contribution in [0.25, 0.3) is 0 Å². The van der Waals surface area contributed by atoms with Gasteiger partial charge in [-0.05, 0) is 55.5 Å². The van der Waals surface area contributed by atoms with E-state index in [0.717, 1.165) is 55.0 Å². The van der Waals surface area contributed by atoms with Gasteiger partial charge in [0.1, 0.15) is 11.6 Å². The van der Waals surface area contributed by atoms with Gasteiger partial charge < -0.3 is 15.1 Å². The summed E-state index contributed by atoms with van der Waals surface area (Å²) in [4.78, 5) is 26.2. The molecule has 1 N–H and O–H groups in total. The van der Waals surface area contributed by atoms with Crippen LogP contribution in [0.15, 0.2) is 59.8 Å². The van der Waals surface area contributed by atoms with Crippen molar-refractivity contribution < 1.29 is 9.18 Å². The van der Waals surface area contributed by atoms with Crippen LogP contribution >= 0.6 is 11.8 Å². The van der Waals surface area contributed by atoms with E-state index in [1.165, 1.54) is 18.9 Å². The Bertz CT molecular complexity index is 1190. The third-order valence-electron chi connectivity index (χ3n) is 6.42. The van der Waals surface area contributed by atoms with Gasteiger partial charge in [0, 0.05) is 55.8 Å². The number of anilines is 2. The Morgan fingerprint density at radius 1 is 1.03 bits per heavy atom. The van der Waals surface area contributed by atoms with Gasteiger partial charge in [-0.15, -0.1) is 0 Å². The molecule has 2 aromatic carbocycles. The fourth-order valence-corrected chi connectivity index (χ4v) is 5.09. The first-order chi connectivity index (χ1) is 17.0. The number of nitrogens with one attached hydrogen (secondary N) is 1. The highest BCUT2D eigenvalue weighted by atomic mass is 32.2. The van der Waals surface area contributed by atoms with Crippen LogP contribution in [0.3, 0.4) is 0 Å². The van der Waals surface area contributed by atoms with Crippen molar-refractivity contribution in [1.29, 1.82) is 0 Å². The quantitative estimate of drug-likeness (QED) is 0.365. The van der Waals surface area contributed by atoms with E-state index in [1.807, 2.05) is 49.4 Å². The van der Waals surface area contributed by atoms with Gasteiger partial charge in [0.05, 0.1) is 5.69 Å². The van der Waals surface area contributed by atoms with Crippen molar-refractivity contribution in [1.82, 2.24) is 15.3 Å². The average Bonchev–Trinajstić information content (AvgIpc) is 3.71. The molecule has 3 aromatic rings. The number of halogens is 1. The number of thioether (sulfide) groups is 1. The minimum Gasteiger partial charge on any atom is -0.366 e. The highest BCUT2D eigenvalue weighted by Gasteiger charge is 2.22. The molecule has 8 heteroatoms. The molecule has 2 fully saturated rings. The van der Waals surface area contributed by atoms with Crippen molar-refractivity contribution in [3.63, 3.8) is 0 Å². The van der Waals surface area contributed by atoms with Crippen LogP contribution in [0.5, 0.6) is 0 Å². The molecule has 6 nitrogen and oxygen atoms in total. The number of benzene rings is 2. The van der Waals surface area contributed by atoms with E-state index in [9.17, 15) is 9.18 Å². The molecular formula is C27H30FN5OS. The second-order valence-electron chi connectivity index (χ2n) is 9.22. The van der Waals surface area contributed by atoms with Gasteiger partial charge in [-0.1, -0.05) is 36.0 Å². The Kier molecular flexibility index (Phi) is 7.18. The molecule has 2 heterocycles. The summed E-state index contributed by atoms with van der Waals surface area (Å²) < 4.78 is 14.2. The molecular weight excluding hydrogens is 461 g/mol. The fraction of sp³-hybridized carbons (Fsp3) is 0.370. The lowest BCUT2D eigenvalue weighted by molar-refractivity contribution is 0.0951. The third-order valence-corrected chi connectivity index (χ3v) is 7.34. The number of amides is 1. The van der Waals surface area contributed by atoms with Gasteiger partial charge in [0.2, 0.25) is 0 Å². The fourth-order valence-electron chi connectivity index (χ4n) is 4.25. The first-order valence-electron chi connectivity index (χ1n) is 12.2. The maximum Gasteiger partial charge on any atom is 0.251 e. The Morgan fingerprint density at radius 3 is 2.57 bits per heavy atom. The second-order valence-corrected chi connectivity index (χ2v) is 10.2. The number of aryl methyl sites for hydroxylation is 1. The van der Waals surface area contributed by atoms with Gasteiger partial charge in [-0.2, -0.15) is 0 Å². The molecule has 1 saturated heterocycles. The summed E-state index contributed by atoms with van der Waals surface area (Å²) in [5, 5.41) is 3.75. The standard InChI is InChI=1S/C27H30FN5OS/c1-19-15-25(33-13-11-32(12-14-33)24-8-3-2-7-23(24)28)31-27(30-19)35-18-21-5-4-6-22(16-21)26(34)29-17-20-9-10-20/h2-8,15-16,20H,9-14,17-18H2,1H3,(H,29,34). The zero-order chi connectivity index (χ0) is 24.2. The number of piperazine rings is 1. The SMILES string of the molecule is Cc1cc(N2CCN(c3ccccc3F)CC2)nc(SCc2cccc(C(=O)NCC3CC3)c2)n1. The maximum atomic E-state index is 14.2. The normalized spacial score (nSPS) is 15.8. The molecule has 1 aromatic heterocycles. The van der Waals surface area contributed by atoms with Crippen LogP contribution in [0, 0.1) is 18.7 Å². The van der Waals surface area contributed by atoms with Gasteiger partial charge in [0.15, 0.2) is 5.16 Å². The summed E-state index contributed by atoms with van der Waals surface area (Å²) in [6.45, 7) is 5.77. The van der Waals surface area contributed by atoms with Gasteiger partial charge in [-0.3, -0.25) is 4.79 Å². The van der Waals surface area contributed by atoms with E-state index >= 15 is 0 Å². The highest BCUT2D eigenvalue weighted by molar-refractivity contribution is 7.98. The van der Waals surface area contributed by atoms with Crippen LogP contribution in [-0.2, 0) is 5.75 Å². The van der Waals surface area contributed by atoms with Crippen LogP contribution in [-0.4, -0.2) is 48.6 Å². The zero-order valence-corrected chi connectivity index (χ0v) is 20.7. The molecule has 1 aliphatic heterocycles. The van der Waals surface area contributed by atoms with Crippen molar-refractivity contribution in [3.8, 4) is 0 Å². The van der Waals surface area contributed by atoms with Crippen molar-refractivity contribution >= 4 is 29.2 Å². The van der Waals surface area contributed by atoms with E-state index in [1.54, 1.807) is 17.8 Å². The van der Waals surface area contributed by atoms with Crippen molar-refractivity contribution in [2.75, 3.05) is 42.5 Å². The number of hydrogen-bond donors (Lipinski definition) is 1.